The van der Waals surface area contributed by atoms with E-state index in [4.69, 9.17) is 5.73 Å². The molecular weight excluding hydrogens is 224 g/mol. The molecule has 2 rings (SSSR count). The van der Waals surface area contributed by atoms with Crippen molar-refractivity contribution in [3.05, 3.63) is 16.1 Å². The Kier molecular flexibility index (Phi) is 3.52. The summed E-state index contributed by atoms with van der Waals surface area (Å²) in [6, 6.07) is -0.0473. The van der Waals surface area contributed by atoms with E-state index in [9.17, 15) is 4.79 Å². The molecule has 0 bridgehead atoms. The predicted molar refractivity (Wildman–Crippen MR) is 63.1 cm³/mol. The maximum absolute atomic E-state index is 11.7. The van der Waals surface area contributed by atoms with Crippen molar-refractivity contribution in [2.75, 3.05) is 6.54 Å². The van der Waals surface area contributed by atoms with Crippen LogP contribution in [0.2, 0.25) is 0 Å². The summed E-state index contributed by atoms with van der Waals surface area (Å²) in [6.45, 7) is 3.22. The maximum atomic E-state index is 11.7. The van der Waals surface area contributed by atoms with Crippen LogP contribution in [0.15, 0.2) is 6.20 Å². The monoisotopic (exact) mass is 240 g/mol. The number of aromatic nitrogens is 1. The van der Waals surface area contributed by atoms with Gasteiger partial charge >= 0.3 is 0 Å². The van der Waals surface area contributed by atoms with Crippen molar-refractivity contribution in [1.82, 2.24) is 15.6 Å². The largest absolute Gasteiger partial charge is 0.348 e. The van der Waals surface area contributed by atoms with Crippen molar-refractivity contribution < 1.29 is 4.79 Å². The lowest BCUT2D eigenvalue weighted by atomic mass is 10.2. The van der Waals surface area contributed by atoms with Crippen LogP contribution in [0.1, 0.15) is 16.3 Å². The Morgan fingerprint density at radius 3 is 3.19 bits per heavy atom. The fourth-order valence-electron chi connectivity index (χ4n) is 1.73. The highest BCUT2D eigenvalue weighted by Crippen LogP contribution is 2.11. The standard InChI is InChI=1S/C10H16N4OS/c1-6-3-13-9(16-6)5-14-10(15)8-2-7(11)4-12-8/h3,7-8,12H,2,4-5,11H2,1H3,(H,14,15)/t7-,8-/m0/s1. The summed E-state index contributed by atoms with van der Waals surface area (Å²) in [4.78, 5) is 17.1. The Bertz CT molecular complexity index is 379. The van der Waals surface area contributed by atoms with Gasteiger partial charge < -0.3 is 16.4 Å². The number of amides is 1. The zero-order chi connectivity index (χ0) is 11.5. The van der Waals surface area contributed by atoms with Crippen molar-refractivity contribution in [1.29, 1.82) is 0 Å². The van der Waals surface area contributed by atoms with E-state index in [-0.39, 0.29) is 18.0 Å². The van der Waals surface area contributed by atoms with Gasteiger partial charge in [0.05, 0.1) is 12.6 Å². The molecule has 5 nitrogen and oxygen atoms in total. The number of carbonyl (C=O) groups is 1. The molecule has 1 aliphatic heterocycles. The van der Waals surface area contributed by atoms with Crippen molar-refractivity contribution in [2.45, 2.75) is 32.0 Å². The lowest BCUT2D eigenvalue weighted by Crippen LogP contribution is -2.39. The molecule has 1 saturated heterocycles. The summed E-state index contributed by atoms with van der Waals surface area (Å²) in [5.74, 6) is 0.0146. The van der Waals surface area contributed by atoms with E-state index >= 15 is 0 Å². The minimum Gasteiger partial charge on any atom is -0.348 e. The highest BCUT2D eigenvalue weighted by molar-refractivity contribution is 7.11. The Morgan fingerprint density at radius 1 is 1.81 bits per heavy atom. The fraction of sp³-hybridized carbons (Fsp3) is 0.600. The first kappa shape index (κ1) is 11.5. The van der Waals surface area contributed by atoms with E-state index in [0.29, 0.717) is 19.5 Å². The first-order valence-electron chi connectivity index (χ1n) is 5.33. The maximum Gasteiger partial charge on any atom is 0.237 e. The third-order valence-electron chi connectivity index (χ3n) is 2.56. The fourth-order valence-corrected chi connectivity index (χ4v) is 2.46. The molecule has 0 saturated carbocycles. The number of rotatable bonds is 3. The minimum absolute atomic E-state index is 0.0146. The molecule has 6 heteroatoms. The van der Waals surface area contributed by atoms with Crippen LogP contribution in [0, 0.1) is 6.92 Å². The molecule has 1 aromatic heterocycles. The van der Waals surface area contributed by atoms with Gasteiger partial charge in [0.25, 0.3) is 0 Å². The Balaban J connectivity index is 1.80. The SMILES string of the molecule is Cc1cnc(CNC(=O)[C@@H]2C[C@H](N)CN2)s1. The van der Waals surface area contributed by atoms with Crippen LogP contribution >= 0.6 is 11.3 Å². The van der Waals surface area contributed by atoms with Gasteiger partial charge in [-0.3, -0.25) is 4.79 Å². The Morgan fingerprint density at radius 2 is 2.62 bits per heavy atom. The molecule has 1 amide bonds. The van der Waals surface area contributed by atoms with E-state index < -0.39 is 0 Å². The number of thiazole rings is 1. The van der Waals surface area contributed by atoms with E-state index in [1.54, 1.807) is 11.3 Å². The van der Waals surface area contributed by atoms with Gasteiger partial charge in [-0.2, -0.15) is 0 Å². The van der Waals surface area contributed by atoms with Crippen LogP contribution in [0.3, 0.4) is 0 Å². The third-order valence-corrected chi connectivity index (χ3v) is 3.48. The highest BCUT2D eigenvalue weighted by atomic mass is 32.1. The van der Waals surface area contributed by atoms with Gasteiger partial charge in [0.2, 0.25) is 5.91 Å². The van der Waals surface area contributed by atoms with Crippen LogP contribution < -0.4 is 16.4 Å². The van der Waals surface area contributed by atoms with Crippen LogP contribution in [0.4, 0.5) is 0 Å². The lowest BCUT2D eigenvalue weighted by molar-refractivity contribution is -0.122. The number of hydrogen-bond acceptors (Lipinski definition) is 5. The smallest absolute Gasteiger partial charge is 0.237 e. The van der Waals surface area contributed by atoms with E-state index in [1.165, 1.54) is 0 Å². The molecule has 1 fully saturated rings. The van der Waals surface area contributed by atoms with Crippen LogP contribution in [0.25, 0.3) is 0 Å². The summed E-state index contributed by atoms with van der Waals surface area (Å²) < 4.78 is 0. The van der Waals surface area contributed by atoms with E-state index in [2.05, 4.69) is 15.6 Å². The predicted octanol–water partition coefficient (Wildman–Crippen LogP) is -0.243. The summed E-state index contributed by atoms with van der Waals surface area (Å²) in [6.07, 6.45) is 2.53. The summed E-state index contributed by atoms with van der Waals surface area (Å²) in [5.41, 5.74) is 5.72. The molecular formula is C10H16N4OS. The molecule has 2 atom stereocenters. The molecule has 0 aromatic carbocycles. The van der Waals surface area contributed by atoms with Gasteiger partial charge in [0.1, 0.15) is 5.01 Å². The number of carbonyl (C=O) groups excluding carboxylic acids is 1. The van der Waals surface area contributed by atoms with Gasteiger partial charge in [-0.25, -0.2) is 4.98 Å². The van der Waals surface area contributed by atoms with Crippen LogP contribution in [-0.4, -0.2) is 29.5 Å². The number of nitrogens with one attached hydrogen (secondary N) is 2. The molecule has 4 N–H and O–H groups in total. The Hall–Kier alpha value is -0.980. The second-order valence-corrected chi connectivity index (χ2v) is 5.36. The number of aryl methyl sites for hydroxylation is 1. The summed E-state index contributed by atoms with van der Waals surface area (Å²) in [5, 5.41) is 6.90. The normalized spacial score (nSPS) is 24.6. The molecule has 16 heavy (non-hydrogen) atoms. The van der Waals surface area contributed by atoms with Gasteiger partial charge in [0.15, 0.2) is 0 Å². The quantitative estimate of drug-likeness (QED) is 0.681. The second-order valence-electron chi connectivity index (χ2n) is 4.04. The zero-order valence-electron chi connectivity index (χ0n) is 9.19. The minimum atomic E-state index is -0.143. The lowest BCUT2D eigenvalue weighted by Gasteiger charge is -2.09. The highest BCUT2D eigenvalue weighted by Gasteiger charge is 2.26. The second kappa shape index (κ2) is 4.90. The Labute approximate surface area is 98.4 Å². The molecule has 0 aliphatic carbocycles. The number of hydrogen-bond donors (Lipinski definition) is 3. The molecule has 0 spiro atoms. The molecule has 0 radical (unpaired) electrons. The molecule has 2 heterocycles. The van der Waals surface area contributed by atoms with Gasteiger partial charge in [-0.05, 0) is 13.3 Å². The number of nitrogens with two attached hydrogens (primary N) is 1. The van der Waals surface area contributed by atoms with Gasteiger partial charge in [-0.15, -0.1) is 11.3 Å². The summed E-state index contributed by atoms with van der Waals surface area (Å²) in [7, 11) is 0. The van der Waals surface area contributed by atoms with Crippen molar-refractivity contribution in [2.24, 2.45) is 5.73 Å². The molecule has 1 aromatic rings. The molecule has 0 unspecified atom stereocenters. The molecule has 88 valence electrons. The zero-order valence-corrected chi connectivity index (χ0v) is 10.0. The van der Waals surface area contributed by atoms with E-state index in [0.717, 1.165) is 9.88 Å². The first-order valence-corrected chi connectivity index (χ1v) is 6.15. The van der Waals surface area contributed by atoms with Crippen molar-refractivity contribution in [3.8, 4) is 0 Å². The van der Waals surface area contributed by atoms with Gasteiger partial charge in [-0.1, -0.05) is 0 Å². The topological polar surface area (TPSA) is 80.0 Å². The van der Waals surface area contributed by atoms with Crippen LogP contribution in [-0.2, 0) is 11.3 Å². The number of nitrogens with zero attached hydrogens (tertiary/aromatic N) is 1. The van der Waals surface area contributed by atoms with Crippen LogP contribution in [0.5, 0.6) is 0 Å². The average Bonchev–Trinajstić information content (AvgIpc) is 2.84. The van der Waals surface area contributed by atoms with Crippen molar-refractivity contribution in [3.63, 3.8) is 0 Å². The van der Waals surface area contributed by atoms with Gasteiger partial charge in [0, 0.05) is 23.7 Å². The average molecular weight is 240 g/mol. The van der Waals surface area contributed by atoms with E-state index in [1.807, 2.05) is 13.1 Å². The first-order chi connectivity index (χ1) is 7.65. The third kappa shape index (κ3) is 2.78. The van der Waals surface area contributed by atoms with Crippen molar-refractivity contribution >= 4 is 17.2 Å². The molecule has 1 aliphatic rings. The summed E-state index contributed by atoms with van der Waals surface area (Å²) >= 11 is 1.60.